The fourth-order valence-corrected chi connectivity index (χ4v) is 1.97. The van der Waals surface area contributed by atoms with Gasteiger partial charge in [0.15, 0.2) is 0 Å². The molecule has 2 rings (SSSR count). The zero-order valence-corrected chi connectivity index (χ0v) is 12.0. The predicted molar refractivity (Wildman–Crippen MR) is 79.6 cm³/mol. The number of carbonyl (C=O) groups is 1. The Labute approximate surface area is 130 Å². The molecule has 122 valence electrons. The molecule has 3 nitrogen and oxygen atoms in total. The van der Waals surface area contributed by atoms with Gasteiger partial charge in [-0.05, 0) is 30.3 Å². The van der Waals surface area contributed by atoms with Gasteiger partial charge in [-0.2, -0.15) is 13.2 Å². The van der Waals surface area contributed by atoms with Crippen LogP contribution in [0, 0.1) is 5.82 Å². The maximum absolute atomic E-state index is 13.0. The summed E-state index contributed by atoms with van der Waals surface area (Å²) in [6, 6.07) is 10.4. The Morgan fingerprint density at radius 3 is 2.48 bits per heavy atom. The van der Waals surface area contributed by atoms with Crippen LogP contribution in [0.3, 0.4) is 0 Å². The highest BCUT2D eigenvalue weighted by atomic mass is 19.4. The minimum Gasteiger partial charge on any atom is -0.384 e. The van der Waals surface area contributed by atoms with Gasteiger partial charge in [-0.25, -0.2) is 4.39 Å². The Balaban J connectivity index is 1.91. The summed E-state index contributed by atoms with van der Waals surface area (Å²) in [6.07, 6.45) is -4.59. The number of benzene rings is 2. The summed E-state index contributed by atoms with van der Waals surface area (Å²) in [6.45, 7) is 0.170. The molecule has 0 heterocycles. The summed E-state index contributed by atoms with van der Waals surface area (Å²) < 4.78 is 51.4. The van der Waals surface area contributed by atoms with Gasteiger partial charge in [0.2, 0.25) is 5.91 Å². The Kier molecular flexibility index (Phi) is 5.20. The highest BCUT2D eigenvalue weighted by molar-refractivity contribution is 5.91. The molecule has 0 saturated heterocycles. The van der Waals surface area contributed by atoms with Crippen molar-refractivity contribution in [2.24, 2.45) is 0 Å². The van der Waals surface area contributed by atoms with E-state index >= 15 is 0 Å². The first-order valence-corrected chi connectivity index (χ1v) is 6.82. The molecular weight excluding hydrogens is 312 g/mol. The average molecular weight is 326 g/mol. The molecule has 0 saturated carbocycles. The third-order valence-electron chi connectivity index (χ3n) is 3.01. The lowest BCUT2D eigenvalue weighted by atomic mass is 10.1. The van der Waals surface area contributed by atoms with Crippen molar-refractivity contribution in [2.75, 3.05) is 17.2 Å². The number of para-hydroxylation sites is 1. The van der Waals surface area contributed by atoms with E-state index in [4.69, 9.17) is 0 Å². The molecule has 0 atom stereocenters. The Hall–Kier alpha value is -2.57. The van der Waals surface area contributed by atoms with Crippen LogP contribution < -0.4 is 10.6 Å². The van der Waals surface area contributed by atoms with Crippen molar-refractivity contribution in [3.05, 3.63) is 59.9 Å². The smallest absolute Gasteiger partial charge is 0.384 e. The molecule has 0 fully saturated rings. The molecule has 7 heteroatoms. The summed E-state index contributed by atoms with van der Waals surface area (Å²) >= 11 is 0. The Bertz CT molecular complexity index is 686. The second kappa shape index (κ2) is 7.13. The number of carbonyl (C=O) groups excluding carboxylic acids is 1. The number of nitrogens with one attached hydrogen (secondary N) is 2. The van der Waals surface area contributed by atoms with Crippen LogP contribution in [0.25, 0.3) is 0 Å². The molecule has 0 bridgehead atoms. The van der Waals surface area contributed by atoms with Crippen molar-refractivity contribution in [1.29, 1.82) is 0 Å². The van der Waals surface area contributed by atoms with Crippen molar-refractivity contribution in [3.8, 4) is 0 Å². The first kappa shape index (κ1) is 16.8. The molecule has 2 aromatic carbocycles. The van der Waals surface area contributed by atoms with Crippen LogP contribution >= 0.6 is 0 Å². The summed E-state index contributed by atoms with van der Waals surface area (Å²) in [5.41, 5.74) is -0.685. The van der Waals surface area contributed by atoms with E-state index in [9.17, 15) is 22.4 Å². The molecule has 0 spiro atoms. The summed E-state index contributed by atoms with van der Waals surface area (Å²) in [5.74, 6) is -0.982. The van der Waals surface area contributed by atoms with Crippen molar-refractivity contribution in [3.63, 3.8) is 0 Å². The summed E-state index contributed by atoms with van der Waals surface area (Å²) in [5, 5.41) is 5.07. The zero-order valence-electron chi connectivity index (χ0n) is 12.0. The number of halogens is 4. The van der Waals surface area contributed by atoms with Crippen LogP contribution in [0.4, 0.5) is 28.9 Å². The summed E-state index contributed by atoms with van der Waals surface area (Å²) in [4.78, 5) is 11.8. The monoisotopic (exact) mass is 326 g/mol. The van der Waals surface area contributed by atoms with Gasteiger partial charge in [-0.1, -0.05) is 18.2 Å². The van der Waals surface area contributed by atoms with Crippen molar-refractivity contribution in [2.45, 2.75) is 12.6 Å². The molecule has 0 aliphatic carbocycles. The van der Waals surface area contributed by atoms with Gasteiger partial charge in [0.25, 0.3) is 0 Å². The molecule has 0 aromatic heterocycles. The standard InChI is InChI=1S/C16H14F4N2O/c17-11-4-3-5-12(10-11)21-9-8-15(23)22-14-7-2-1-6-13(14)16(18,19)20/h1-7,10,21H,8-9H2,(H,22,23). The number of hydrogen-bond acceptors (Lipinski definition) is 2. The summed E-state index contributed by atoms with van der Waals surface area (Å²) in [7, 11) is 0. The van der Waals surface area contributed by atoms with E-state index in [0.717, 1.165) is 6.07 Å². The lowest BCUT2D eigenvalue weighted by Gasteiger charge is -2.13. The van der Waals surface area contributed by atoms with Crippen LogP contribution in [-0.2, 0) is 11.0 Å². The fourth-order valence-electron chi connectivity index (χ4n) is 1.97. The second-order valence-electron chi connectivity index (χ2n) is 4.78. The predicted octanol–water partition coefficient (Wildman–Crippen LogP) is 4.29. The Morgan fingerprint density at radius 1 is 1.04 bits per heavy atom. The Morgan fingerprint density at radius 2 is 1.78 bits per heavy atom. The average Bonchev–Trinajstić information content (AvgIpc) is 2.47. The van der Waals surface area contributed by atoms with Gasteiger partial charge in [-0.3, -0.25) is 4.79 Å². The van der Waals surface area contributed by atoms with Crippen LogP contribution in [0.5, 0.6) is 0 Å². The third-order valence-corrected chi connectivity index (χ3v) is 3.01. The van der Waals surface area contributed by atoms with Gasteiger partial charge in [0.1, 0.15) is 5.82 Å². The van der Waals surface area contributed by atoms with Gasteiger partial charge < -0.3 is 10.6 Å². The molecule has 2 N–H and O–H groups in total. The number of anilines is 2. The van der Waals surface area contributed by atoms with Gasteiger partial charge in [0.05, 0.1) is 11.3 Å². The molecular formula is C16H14F4N2O. The lowest BCUT2D eigenvalue weighted by molar-refractivity contribution is -0.137. The second-order valence-corrected chi connectivity index (χ2v) is 4.78. The molecule has 2 aromatic rings. The molecule has 0 aliphatic rings. The highest BCUT2D eigenvalue weighted by Gasteiger charge is 2.33. The zero-order chi connectivity index (χ0) is 16.9. The number of alkyl halides is 3. The first-order chi connectivity index (χ1) is 10.9. The minimum atomic E-state index is -4.54. The number of hydrogen-bond donors (Lipinski definition) is 2. The van der Waals surface area contributed by atoms with E-state index in [1.165, 1.54) is 36.4 Å². The molecule has 0 aliphatic heterocycles. The van der Waals surface area contributed by atoms with Crippen LogP contribution in [0.15, 0.2) is 48.5 Å². The minimum absolute atomic E-state index is 0.0529. The largest absolute Gasteiger partial charge is 0.418 e. The van der Waals surface area contributed by atoms with Crippen LogP contribution in [-0.4, -0.2) is 12.5 Å². The number of amides is 1. The van der Waals surface area contributed by atoms with Crippen molar-refractivity contribution in [1.82, 2.24) is 0 Å². The van der Waals surface area contributed by atoms with E-state index in [1.54, 1.807) is 6.07 Å². The van der Waals surface area contributed by atoms with Crippen molar-refractivity contribution >= 4 is 17.3 Å². The maximum atomic E-state index is 13.0. The number of rotatable bonds is 5. The molecule has 0 radical (unpaired) electrons. The van der Waals surface area contributed by atoms with Crippen LogP contribution in [0.2, 0.25) is 0 Å². The third kappa shape index (κ3) is 4.98. The topological polar surface area (TPSA) is 41.1 Å². The molecule has 0 unspecified atom stereocenters. The highest BCUT2D eigenvalue weighted by Crippen LogP contribution is 2.34. The SMILES string of the molecule is O=C(CCNc1cccc(F)c1)Nc1ccccc1C(F)(F)F. The quantitative estimate of drug-likeness (QED) is 0.805. The van der Waals surface area contributed by atoms with Crippen LogP contribution in [0.1, 0.15) is 12.0 Å². The van der Waals surface area contributed by atoms with E-state index in [1.807, 2.05) is 0 Å². The van der Waals surface area contributed by atoms with E-state index < -0.39 is 23.5 Å². The first-order valence-electron chi connectivity index (χ1n) is 6.82. The maximum Gasteiger partial charge on any atom is 0.418 e. The molecule has 1 amide bonds. The van der Waals surface area contributed by atoms with Crippen molar-refractivity contribution < 1.29 is 22.4 Å². The van der Waals surface area contributed by atoms with E-state index in [-0.39, 0.29) is 18.7 Å². The fraction of sp³-hybridized carbons (Fsp3) is 0.188. The van der Waals surface area contributed by atoms with E-state index in [2.05, 4.69) is 10.6 Å². The molecule has 23 heavy (non-hydrogen) atoms. The van der Waals surface area contributed by atoms with Gasteiger partial charge in [0, 0.05) is 18.7 Å². The lowest BCUT2D eigenvalue weighted by Crippen LogP contribution is -2.19. The van der Waals surface area contributed by atoms with Gasteiger partial charge in [-0.15, -0.1) is 0 Å². The normalized spacial score (nSPS) is 11.1. The van der Waals surface area contributed by atoms with Gasteiger partial charge >= 0.3 is 6.18 Å². The van der Waals surface area contributed by atoms with E-state index in [0.29, 0.717) is 5.69 Å².